The van der Waals surface area contributed by atoms with E-state index in [0.29, 0.717) is 12.1 Å². The van der Waals surface area contributed by atoms with Crippen LogP contribution in [0.15, 0.2) is 0 Å². The van der Waals surface area contributed by atoms with Crippen molar-refractivity contribution in [1.82, 2.24) is 5.32 Å². The molecule has 0 bridgehead atoms. The van der Waals surface area contributed by atoms with Gasteiger partial charge in [-0.1, -0.05) is 6.42 Å². The van der Waals surface area contributed by atoms with Crippen molar-refractivity contribution in [3.8, 4) is 0 Å². The predicted octanol–water partition coefficient (Wildman–Crippen LogP) is 2.19. The van der Waals surface area contributed by atoms with E-state index < -0.39 is 0 Å². The lowest BCUT2D eigenvalue weighted by atomic mass is 9.80. The topological polar surface area (TPSA) is 21.3 Å². The Morgan fingerprint density at radius 3 is 2.54 bits per heavy atom. The van der Waals surface area contributed by atoms with Gasteiger partial charge in [0.2, 0.25) is 0 Å². The van der Waals surface area contributed by atoms with E-state index in [1.165, 1.54) is 19.3 Å². The van der Waals surface area contributed by atoms with E-state index in [4.69, 9.17) is 4.74 Å². The first-order chi connectivity index (χ1) is 6.24. The summed E-state index contributed by atoms with van der Waals surface area (Å²) >= 11 is 0. The van der Waals surface area contributed by atoms with Crippen molar-refractivity contribution in [1.29, 1.82) is 0 Å². The number of ether oxygens (including phenoxy) is 1. The van der Waals surface area contributed by atoms with E-state index in [2.05, 4.69) is 19.2 Å². The van der Waals surface area contributed by atoms with Gasteiger partial charge < -0.3 is 10.1 Å². The van der Waals surface area contributed by atoms with Crippen LogP contribution in [0.2, 0.25) is 0 Å². The molecule has 1 aliphatic carbocycles. The Kier molecular flexibility index (Phi) is 4.74. The highest BCUT2D eigenvalue weighted by Crippen LogP contribution is 2.29. The van der Waals surface area contributed by atoms with Gasteiger partial charge in [-0.25, -0.2) is 0 Å². The largest absolute Gasteiger partial charge is 0.380 e. The summed E-state index contributed by atoms with van der Waals surface area (Å²) in [5.41, 5.74) is 0. The Morgan fingerprint density at radius 1 is 1.38 bits per heavy atom. The van der Waals surface area contributed by atoms with Crippen LogP contribution in [0.3, 0.4) is 0 Å². The second-order valence-corrected chi connectivity index (χ2v) is 4.21. The molecule has 2 unspecified atom stereocenters. The molecule has 0 aromatic heterocycles. The van der Waals surface area contributed by atoms with E-state index in [1.807, 2.05) is 6.92 Å². The highest BCUT2D eigenvalue weighted by atomic mass is 16.5. The van der Waals surface area contributed by atoms with Gasteiger partial charge in [0.05, 0.1) is 6.61 Å². The fourth-order valence-electron chi connectivity index (χ4n) is 1.87. The van der Waals surface area contributed by atoms with Gasteiger partial charge in [0.1, 0.15) is 0 Å². The molecule has 1 fully saturated rings. The number of nitrogens with one attached hydrogen (secondary N) is 1. The summed E-state index contributed by atoms with van der Waals surface area (Å²) in [6, 6.07) is 1.17. The Morgan fingerprint density at radius 2 is 2.08 bits per heavy atom. The summed E-state index contributed by atoms with van der Waals surface area (Å²) in [7, 11) is 0. The van der Waals surface area contributed by atoms with E-state index in [0.717, 1.165) is 19.1 Å². The zero-order valence-electron chi connectivity index (χ0n) is 9.18. The molecule has 0 aliphatic heterocycles. The molecule has 2 atom stereocenters. The summed E-state index contributed by atoms with van der Waals surface area (Å²) < 4.78 is 5.37. The van der Waals surface area contributed by atoms with Crippen LogP contribution < -0.4 is 5.32 Å². The monoisotopic (exact) mass is 185 g/mol. The number of hydrogen-bond donors (Lipinski definition) is 1. The van der Waals surface area contributed by atoms with Crippen molar-refractivity contribution in [2.75, 3.05) is 13.2 Å². The summed E-state index contributed by atoms with van der Waals surface area (Å²) in [6.45, 7) is 8.20. The highest BCUT2D eigenvalue weighted by Gasteiger charge is 2.24. The summed E-state index contributed by atoms with van der Waals surface area (Å²) in [5.74, 6) is 0.920. The molecule has 13 heavy (non-hydrogen) atoms. The minimum absolute atomic E-state index is 0.496. The Bertz CT molecular complexity index is 134. The zero-order chi connectivity index (χ0) is 9.68. The van der Waals surface area contributed by atoms with Crippen LogP contribution in [0.25, 0.3) is 0 Å². The van der Waals surface area contributed by atoms with Crippen LogP contribution in [0.1, 0.15) is 40.0 Å². The molecule has 0 amide bonds. The quantitative estimate of drug-likeness (QED) is 0.685. The lowest BCUT2D eigenvalue weighted by Gasteiger charge is -2.33. The molecule has 1 N–H and O–H groups in total. The van der Waals surface area contributed by atoms with Crippen LogP contribution in [-0.2, 0) is 4.74 Å². The molecule has 1 rings (SSSR count). The van der Waals surface area contributed by atoms with Crippen molar-refractivity contribution in [2.24, 2.45) is 5.92 Å². The van der Waals surface area contributed by atoms with Gasteiger partial charge in [-0.2, -0.15) is 0 Å². The third kappa shape index (κ3) is 3.65. The molecule has 0 saturated heterocycles. The van der Waals surface area contributed by atoms with E-state index in [-0.39, 0.29) is 0 Å². The molecule has 0 aromatic carbocycles. The average molecular weight is 185 g/mol. The Hall–Kier alpha value is -0.0800. The molecule has 0 radical (unpaired) electrons. The van der Waals surface area contributed by atoms with E-state index in [1.54, 1.807) is 0 Å². The number of rotatable bonds is 6. The maximum atomic E-state index is 5.37. The summed E-state index contributed by atoms with van der Waals surface area (Å²) in [6.07, 6.45) is 4.25. The number of hydrogen-bond acceptors (Lipinski definition) is 2. The third-order valence-corrected chi connectivity index (χ3v) is 2.98. The Balaban J connectivity index is 2.07. The predicted molar refractivity (Wildman–Crippen MR) is 55.9 cm³/mol. The standard InChI is InChI=1S/C11H23NO/c1-4-13-8-9(2)12-10(3)11-6-5-7-11/h9-12H,4-8H2,1-3H3. The minimum Gasteiger partial charge on any atom is -0.380 e. The first-order valence-corrected chi connectivity index (χ1v) is 5.57. The molecule has 0 aromatic rings. The SMILES string of the molecule is CCOCC(C)NC(C)C1CCC1. The molecule has 2 heteroatoms. The summed E-state index contributed by atoms with van der Waals surface area (Å²) in [4.78, 5) is 0. The van der Waals surface area contributed by atoms with Gasteiger partial charge in [0.15, 0.2) is 0 Å². The second-order valence-electron chi connectivity index (χ2n) is 4.21. The summed E-state index contributed by atoms with van der Waals surface area (Å²) in [5, 5.41) is 3.59. The second kappa shape index (κ2) is 5.61. The normalized spacial score (nSPS) is 22.4. The van der Waals surface area contributed by atoms with Gasteiger partial charge in [0.25, 0.3) is 0 Å². The average Bonchev–Trinajstić information content (AvgIpc) is 1.97. The van der Waals surface area contributed by atoms with Gasteiger partial charge >= 0.3 is 0 Å². The molecule has 1 aliphatic rings. The molecule has 0 spiro atoms. The fourth-order valence-corrected chi connectivity index (χ4v) is 1.87. The van der Waals surface area contributed by atoms with E-state index >= 15 is 0 Å². The maximum absolute atomic E-state index is 5.37. The Labute approximate surface area is 82.0 Å². The van der Waals surface area contributed by atoms with Crippen molar-refractivity contribution >= 4 is 0 Å². The van der Waals surface area contributed by atoms with Crippen molar-refractivity contribution in [2.45, 2.75) is 52.1 Å². The van der Waals surface area contributed by atoms with Crippen LogP contribution in [-0.4, -0.2) is 25.3 Å². The molecular formula is C11H23NO. The third-order valence-electron chi connectivity index (χ3n) is 2.98. The van der Waals surface area contributed by atoms with Crippen LogP contribution >= 0.6 is 0 Å². The van der Waals surface area contributed by atoms with Crippen LogP contribution in [0.4, 0.5) is 0 Å². The van der Waals surface area contributed by atoms with Crippen molar-refractivity contribution < 1.29 is 4.74 Å². The van der Waals surface area contributed by atoms with Crippen LogP contribution in [0, 0.1) is 5.92 Å². The smallest absolute Gasteiger partial charge is 0.0616 e. The van der Waals surface area contributed by atoms with Gasteiger partial charge in [-0.05, 0) is 39.5 Å². The fraction of sp³-hybridized carbons (Fsp3) is 1.00. The van der Waals surface area contributed by atoms with Gasteiger partial charge in [-0.3, -0.25) is 0 Å². The lowest BCUT2D eigenvalue weighted by Crippen LogP contribution is -2.43. The van der Waals surface area contributed by atoms with E-state index in [9.17, 15) is 0 Å². The lowest BCUT2D eigenvalue weighted by molar-refractivity contribution is 0.115. The van der Waals surface area contributed by atoms with Gasteiger partial charge in [0, 0.05) is 18.7 Å². The first kappa shape index (κ1) is 11.0. The molecule has 78 valence electrons. The molecule has 2 nitrogen and oxygen atoms in total. The maximum Gasteiger partial charge on any atom is 0.0616 e. The molecule has 1 saturated carbocycles. The van der Waals surface area contributed by atoms with Crippen LogP contribution in [0.5, 0.6) is 0 Å². The molecular weight excluding hydrogens is 162 g/mol. The minimum atomic E-state index is 0.496. The van der Waals surface area contributed by atoms with Crippen molar-refractivity contribution in [3.63, 3.8) is 0 Å². The zero-order valence-corrected chi connectivity index (χ0v) is 9.18. The highest BCUT2D eigenvalue weighted by molar-refractivity contribution is 4.81. The van der Waals surface area contributed by atoms with Gasteiger partial charge in [-0.15, -0.1) is 0 Å². The first-order valence-electron chi connectivity index (χ1n) is 5.57. The molecule has 0 heterocycles. The van der Waals surface area contributed by atoms with Crippen molar-refractivity contribution in [3.05, 3.63) is 0 Å².